The molecule has 2 aromatic carbocycles. The van der Waals surface area contributed by atoms with E-state index in [2.05, 4.69) is 65.4 Å². The highest BCUT2D eigenvalue weighted by atomic mass is 16.5. The molecule has 1 saturated carbocycles. The molecule has 2 heterocycles. The van der Waals surface area contributed by atoms with Gasteiger partial charge in [0.25, 0.3) is 0 Å². The van der Waals surface area contributed by atoms with Crippen LogP contribution in [0, 0.1) is 5.92 Å². The molecule has 4 heteroatoms. The van der Waals surface area contributed by atoms with Crippen LogP contribution in [-0.4, -0.2) is 49.6 Å². The van der Waals surface area contributed by atoms with Gasteiger partial charge in [0.2, 0.25) is 0 Å². The second kappa shape index (κ2) is 7.33. The second-order valence-corrected chi connectivity index (χ2v) is 9.56. The Balaban J connectivity index is 1.31. The number of nitrogens with one attached hydrogen (secondary N) is 1. The van der Waals surface area contributed by atoms with Crippen LogP contribution in [0.5, 0.6) is 5.75 Å². The molecule has 0 aromatic heterocycles. The number of piperazine rings is 1. The third-order valence-corrected chi connectivity index (χ3v) is 7.01. The number of rotatable bonds is 5. The molecule has 0 unspecified atom stereocenters. The highest BCUT2D eigenvalue weighted by molar-refractivity contribution is 5.76. The van der Waals surface area contributed by atoms with Gasteiger partial charge in [0.05, 0.1) is 7.11 Å². The lowest BCUT2D eigenvalue weighted by Crippen LogP contribution is -2.46. The van der Waals surface area contributed by atoms with Gasteiger partial charge in [-0.2, -0.15) is 0 Å². The lowest BCUT2D eigenvalue weighted by Gasteiger charge is -2.37. The number of ether oxygens (including phenoxy) is 1. The first-order valence-electron chi connectivity index (χ1n) is 11.1. The average molecular weight is 392 g/mol. The number of nitrogens with zero attached hydrogens (tertiary/aromatic N) is 2. The Hall–Kier alpha value is -2.04. The lowest BCUT2D eigenvalue weighted by atomic mass is 9.74. The first kappa shape index (κ1) is 19.0. The molecule has 1 aliphatic carbocycles. The third-order valence-electron chi connectivity index (χ3n) is 7.01. The summed E-state index contributed by atoms with van der Waals surface area (Å²) >= 11 is 0. The zero-order chi connectivity index (χ0) is 20.0. The van der Waals surface area contributed by atoms with E-state index in [0.29, 0.717) is 0 Å². The Bertz CT molecular complexity index is 895. The van der Waals surface area contributed by atoms with Crippen LogP contribution in [0.25, 0.3) is 0 Å². The highest BCUT2D eigenvalue weighted by Gasteiger charge is 2.33. The Morgan fingerprint density at radius 2 is 1.69 bits per heavy atom. The van der Waals surface area contributed by atoms with E-state index in [1.54, 1.807) is 7.11 Å². The summed E-state index contributed by atoms with van der Waals surface area (Å²) in [4.78, 5) is 5.28. The maximum Gasteiger partial charge on any atom is 0.120 e. The van der Waals surface area contributed by atoms with Crippen LogP contribution in [0.2, 0.25) is 0 Å². The number of hydrogen-bond donors (Lipinski definition) is 1. The predicted molar refractivity (Wildman–Crippen MR) is 119 cm³/mol. The Kier molecular flexibility index (Phi) is 4.79. The van der Waals surface area contributed by atoms with Crippen molar-refractivity contribution in [2.24, 2.45) is 5.92 Å². The molecule has 0 spiro atoms. The first-order chi connectivity index (χ1) is 14.0. The molecule has 29 heavy (non-hydrogen) atoms. The van der Waals surface area contributed by atoms with Gasteiger partial charge < -0.3 is 15.0 Å². The summed E-state index contributed by atoms with van der Waals surface area (Å²) in [7, 11) is 1.72. The fraction of sp³-hybridized carbons (Fsp3) is 0.520. The van der Waals surface area contributed by atoms with Gasteiger partial charge >= 0.3 is 0 Å². The molecule has 0 radical (unpaired) electrons. The molecular formula is C25H33N3O. The fourth-order valence-corrected chi connectivity index (χ4v) is 4.96. The smallest absolute Gasteiger partial charge is 0.120 e. The van der Waals surface area contributed by atoms with E-state index in [-0.39, 0.29) is 5.41 Å². The molecule has 3 aliphatic rings. The van der Waals surface area contributed by atoms with Crippen LogP contribution < -0.4 is 10.1 Å². The van der Waals surface area contributed by atoms with E-state index in [0.717, 1.165) is 23.9 Å². The Morgan fingerprint density at radius 3 is 2.41 bits per heavy atom. The molecule has 2 aliphatic heterocycles. The summed E-state index contributed by atoms with van der Waals surface area (Å²) in [5.74, 6) is 1.90. The number of methoxy groups -OCH3 is 1. The van der Waals surface area contributed by atoms with Gasteiger partial charge in [-0.1, -0.05) is 32.0 Å². The van der Waals surface area contributed by atoms with Crippen molar-refractivity contribution >= 4 is 11.4 Å². The summed E-state index contributed by atoms with van der Waals surface area (Å²) < 4.78 is 5.42. The number of benzene rings is 2. The van der Waals surface area contributed by atoms with Crippen molar-refractivity contribution in [2.75, 3.05) is 45.2 Å². The van der Waals surface area contributed by atoms with Gasteiger partial charge in [0, 0.05) is 62.1 Å². The summed E-state index contributed by atoms with van der Waals surface area (Å²) in [6.07, 6.45) is 2.91. The predicted octanol–water partition coefficient (Wildman–Crippen LogP) is 4.61. The zero-order valence-electron chi connectivity index (χ0n) is 18.0. The minimum absolute atomic E-state index is 0.0266. The van der Waals surface area contributed by atoms with Gasteiger partial charge in [0.1, 0.15) is 5.75 Å². The molecule has 0 atom stereocenters. The standard InChI is InChI=1S/C25H33N3O/c1-25(2)21-8-7-20(29-3)15-24(21)26-23-9-6-19(14-22(23)25)17-28-12-10-27(11-13-28)16-18-4-5-18/h6-9,14-15,18,26H,4-5,10-13,16-17H2,1-3H3. The van der Waals surface area contributed by atoms with Crippen LogP contribution in [-0.2, 0) is 12.0 Å². The van der Waals surface area contributed by atoms with E-state index in [4.69, 9.17) is 4.74 Å². The molecule has 154 valence electrons. The largest absolute Gasteiger partial charge is 0.497 e. The van der Waals surface area contributed by atoms with Gasteiger partial charge in [-0.15, -0.1) is 0 Å². The van der Waals surface area contributed by atoms with Crippen LogP contribution in [0.3, 0.4) is 0 Å². The van der Waals surface area contributed by atoms with Crippen molar-refractivity contribution in [3.63, 3.8) is 0 Å². The van der Waals surface area contributed by atoms with Crippen molar-refractivity contribution in [1.82, 2.24) is 9.80 Å². The lowest BCUT2D eigenvalue weighted by molar-refractivity contribution is 0.123. The fourth-order valence-electron chi connectivity index (χ4n) is 4.96. The van der Waals surface area contributed by atoms with Crippen molar-refractivity contribution in [2.45, 2.75) is 38.6 Å². The molecule has 0 bridgehead atoms. The topological polar surface area (TPSA) is 27.7 Å². The molecule has 5 rings (SSSR count). The number of anilines is 2. The van der Waals surface area contributed by atoms with Crippen molar-refractivity contribution in [3.05, 3.63) is 53.1 Å². The molecular weight excluding hydrogens is 358 g/mol. The van der Waals surface area contributed by atoms with E-state index in [9.17, 15) is 0 Å². The maximum atomic E-state index is 5.42. The quantitative estimate of drug-likeness (QED) is 0.806. The van der Waals surface area contributed by atoms with Gasteiger partial charge in [-0.25, -0.2) is 0 Å². The van der Waals surface area contributed by atoms with Crippen LogP contribution in [0.4, 0.5) is 11.4 Å². The van der Waals surface area contributed by atoms with E-state index in [1.165, 1.54) is 67.9 Å². The molecule has 2 fully saturated rings. The average Bonchev–Trinajstić information content (AvgIpc) is 3.54. The summed E-state index contributed by atoms with van der Waals surface area (Å²) in [5.41, 5.74) is 6.49. The van der Waals surface area contributed by atoms with Crippen molar-refractivity contribution in [3.8, 4) is 5.75 Å². The SMILES string of the molecule is COc1ccc2c(c1)Nc1ccc(CN3CCN(CC4CC4)CC3)cc1C2(C)C. The first-order valence-corrected chi connectivity index (χ1v) is 11.1. The van der Waals surface area contributed by atoms with E-state index in [1.807, 2.05) is 0 Å². The van der Waals surface area contributed by atoms with Crippen LogP contribution >= 0.6 is 0 Å². The minimum atomic E-state index is -0.0266. The molecule has 1 saturated heterocycles. The Labute approximate surface area is 174 Å². The van der Waals surface area contributed by atoms with Gasteiger partial charge in [-0.3, -0.25) is 4.90 Å². The van der Waals surface area contributed by atoms with Crippen LogP contribution in [0.1, 0.15) is 43.4 Å². The van der Waals surface area contributed by atoms with Gasteiger partial charge in [0.15, 0.2) is 0 Å². The number of fused-ring (bicyclic) bond motifs is 2. The normalized spacial score (nSPS) is 21.2. The molecule has 0 amide bonds. The Morgan fingerprint density at radius 1 is 0.931 bits per heavy atom. The summed E-state index contributed by atoms with van der Waals surface area (Å²) in [6.45, 7) is 11.9. The van der Waals surface area contributed by atoms with Crippen molar-refractivity contribution < 1.29 is 4.74 Å². The molecule has 4 nitrogen and oxygen atoms in total. The van der Waals surface area contributed by atoms with E-state index < -0.39 is 0 Å². The maximum absolute atomic E-state index is 5.42. The minimum Gasteiger partial charge on any atom is -0.497 e. The molecule has 1 N–H and O–H groups in total. The van der Waals surface area contributed by atoms with Gasteiger partial charge in [-0.05, 0) is 47.6 Å². The van der Waals surface area contributed by atoms with Crippen molar-refractivity contribution in [1.29, 1.82) is 0 Å². The summed E-state index contributed by atoms with van der Waals surface area (Å²) in [5, 5.41) is 3.63. The highest BCUT2D eigenvalue weighted by Crippen LogP contribution is 2.46. The zero-order valence-corrected chi connectivity index (χ0v) is 18.0. The number of hydrogen-bond acceptors (Lipinski definition) is 4. The summed E-state index contributed by atoms with van der Waals surface area (Å²) in [6, 6.07) is 13.4. The van der Waals surface area contributed by atoms with Crippen LogP contribution in [0.15, 0.2) is 36.4 Å². The third kappa shape index (κ3) is 3.76. The molecule has 2 aromatic rings. The van der Waals surface area contributed by atoms with E-state index >= 15 is 0 Å². The second-order valence-electron chi connectivity index (χ2n) is 9.56. The monoisotopic (exact) mass is 391 g/mol.